The van der Waals surface area contributed by atoms with E-state index < -0.39 is 0 Å². The molecule has 1 atom stereocenters. The van der Waals surface area contributed by atoms with E-state index in [1.54, 1.807) is 23.1 Å². The summed E-state index contributed by atoms with van der Waals surface area (Å²) in [5.74, 6) is 0.0749. The first-order valence-corrected chi connectivity index (χ1v) is 9.29. The number of rotatable bonds is 3. The minimum absolute atomic E-state index is 0.0635. The van der Waals surface area contributed by atoms with Crippen LogP contribution in [0.1, 0.15) is 25.7 Å². The zero-order chi connectivity index (χ0) is 14.7. The molecule has 2 aromatic rings. The van der Waals surface area contributed by atoms with Crippen molar-refractivity contribution >= 4 is 44.9 Å². The number of thiazole rings is 1. The van der Waals surface area contributed by atoms with Crippen LogP contribution in [0, 0.1) is 0 Å². The van der Waals surface area contributed by atoms with E-state index in [0.29, 0.717) is 0 Å². The van der Waals surface area contributed by atoms with Gasteiger partial charge in [-0.1, -0.05) is 24.6 Å². The highest BCUT2D eigenvalue weighted by atomic mass is 32.2. The summed E-state index contributed by atoms with van der Waals surface area (Å²) in [6.07, 6.45) is 6.44. The third-order valence-corrected chi connectivity index (χ3v) is 5.69. The zero-order valence-electron chi connectivity index (χ0n) is 12.0. The van der Waals surface area contributed by atoms with Crippen molar-refractivity contribution in [1.82, 2.24) is 10.3 Å². The summed E-state index contributed by atoms with van der Waals surface area (Å²) in [6, 6.07) is 5.86. The number of hydrogen-bond donors (Lipinski definition) is 2. The number of anilines is 1. The Balaban J connectivity index is 1.72. The first-order chi connectivity index (χ1) is 10.3. The summed E-state index contributed by atoms with van der Waals surface area (Å²) < 4.78 is 2.17. The number of thioether (sulfide) groups is 1. The van der Waals surface area contributed by atoms with Crippen molar-refractivity contribution in [2.24, 2.45) is 0 Å². The number of fused-ring (bicyclic) bond motifs is 1. The number of aromatic nitrogens is 1. The molecule has 1 aliphatic heterocycles. The fourth-order valence-corrected chi connectivity index (χ4v) is 4.08. The van der Waals surface area contributed by atoms with Gasteiger partial charge in [0.2, 0.25) is 5.91 Å². The van der Waals surface area contributed by atoms with Gasteiger partial charge in [-0.15, -0.1) is 11.3 Å². The minimum atomic E-state index is -0.0635. The average Bonchev–Trinajstić information content (AvgIpc) is 2.71. The van der Waals surface area contributed by atoms with Crippen LogP contribution >= 0.6 is 23.1 Å². The fraction of sp³-hybridized carbons (Fsp3) is 0.467. The Morgan fingerprint density at radius 2 is 2.33 bits per heavy atom. The third-order valence-electron chi connectivity index (χ3n) is 3.69. The molecule has 0 aliphatic carbocycles. The smallest absolute Gasteiger partial charge is 0.241 e. The van der Waals surface area contributed by atoms with Crippen molar-refractivity contribution in [3.05, 3.63) is 18.2 Å². The van der Waals surface area contributed by atoms with Gasteiger partial charge in [0.25, 0.3) is 0 Å². The van der Waals surface area contributed by atoms with Gasteiger partial charge in [-0.05, 0) is 43.8 Å². The van der Waals surface area contributed by atoms with Crippen LogP contribution in [0.25, 0.3) is 10.2 Å². The van der Waals surface area contributed by atoms with Gasteiger partial charge in [-0.3, -0.25) is 4.79 Å². The van der Waals surface area contributed by atoms with Crippen LogP contribution in [0.5, 0.6) is 0 Å². The van der Waals surface area contributed by atoms with Crippen molar-refractivity contribution in [2.75, 3.05) is 18.1 Å². The maximum absolute atomic E-state index is 12.3. The minimum Gasteiger partial charge on any atom is -0.325 e. The zero-order valence-corrected chi connectivity index (χ0v) is 13.6. The van der Waals surface area contributed by atoms with Gasteiger partial charge in [-0.2, -0.15) is 0 Å². The first kappa shape index (κ1) is 14.8. The molecule has 1 fully saturated rings. The molecule has 4 nitrogen and oxygen atoms in total. The van der Waals surface area contributed by atoms with Crippen LogP contribution in [0.4, 0.5) is 5.69 Å². The molecule has 0 radical (unpaired) electrons. The van der Waals surface area contributed by atoms with E-state index in [4.69, 9.17) is 0 Å². The lowest BCUT2D eigenvalue weighted by Crippen LogP contribution is -2.39. The van der Waals surface area contributed by atoms with Crippen LogP contribution in [0.3, 0.4) is 0 Å². The Morgan fingerprint density at radius 1 is 1.43 bits per heavy atom. The quantitative estimate of drug-likeness (QED) is 0.850. The number of nitrogens with one attached hydrogen (secondary N) is 2. The Morgan fingerprint density at radius 3 is 3.19 bits per heavy atom. The molecule has 0 saturated carbocycles. The molecular formula is C15H19N3OS2. The van der Waals surface area contributed by atoms with E-state index >= 15 is 0 Å². The third kappa shape index (κ3) is 3.56. The molecule has 21 heavy (non-hydrogen) atoms. The summed E-state index contributed by atoms with van der Waals surface area (Å²) >= 11 is 3.31. The van der Waals surface area contributed by atoms with Gasteiger partial charge in [0.05, 0.1) is 16.3 Å². The van der Waals surface area contributed by atoms with Gasteiger partial charge in [-0.25, -0.2) is 4.98 Å². The van der Waals surface area contributed by atoms with Gasteiger partial charge < -0.3 is 10.6 Å². The second-order valence-corrected chi connectivity index (χ2v) is 7.30. The van der Waals surface area contributed by atoms with Crippen LogP contribution in [-0.2, 0) is 4.79 Å². The molecule has 2 heterocycles. The Labute approximate surface area is 132 Å². The predicted molar refractivity (Wildman–Crippen MR) is 90.3 cm³/mol. The van der Waals surface area contributed by atoms with Gasteiger partial charge in [0.15, 0.2) is 4.34 Å². The SMILES string of the molecule is CSc1nc2ccc(NC(=O)C3CCCCCN3)cc2s1. The lowest BCUT2D eigenvalue weighted by molar-refractivity contribution is -0.118. The fourth-order valence-electron chi connectivity index (χ4n) is 2.55. The molecule has 1 aliphatic rings. The van der Waals surface area contributed by atoms with Crippen molar-refractivity contribution in [2.45, 2.75) is 36.1 Å². The van der Waals surface area contributed by atoms with Crippen molar-refractivity contribution in [1.29, 1.82) is 0 Å². The topological polar surface area (TPSA) is 54.0 Å². The summed E-state index contributed by atoms with van der Waals surface area (Å²) in [6.45, 7) is 0.934. The van der Waals surface area contributed by atoms with Gasteiger partial charge in [0, 0.05) is 5.69 Å². The van der Waals surface area contributed by atoms with E-state index in [2.05, 4.69) is 15.6 Å². The molecule has 112 valence electrons. The predicted octanol–water partition coefficient (Wildman–Crippen LogP) is 3.49. The molecule has 0 bridgehead atoms. The standard InChI is InChI=1S/C15H19N3OS2/c1-20-15-18-11-7-6-10(9-13(11)21-15)17-14(19)12-5-3-2-4-8-16-12/h6-7,9,12,16H,2-5,8H2,1H3,(H,17,19). The van der Waals surface area contributed by atoms with E-state index in [9.17, 15) is 4.79 Å². The van der Waals surface area contributed by atoms with Crippen LogP contribution < -0.4 is 10.6 Å². The number of benzene rings is 1. The van der Waals surface area contributed by atoms with Crippen molar-refractivity contribution in [3.8, 4) is 0 Å². The molecule has 1 saturated heterocycles. The number of hydrogen-bond acceptors (Lipinski definition) is 5. The summed E-state index contributed by atoms with van der Waals surface area (Å²) in [7, 11) is 0. The second kappa shape index (κ2) is 6.77. The Hall–Kier alpha value is -1.11. The highest BCUT2D eigenvalue weighted by molar-refractivity contribution is 8.00. The lowest BCUT2D eigenvalue weighted by atomic mass is 10.1. The van der Waals surface area contributed by atoms with Crippen molar-refractivity contribution < 1.29 is 4.79 Å². The Kier molecular flexibility index (Phi) is 4.77. The average molecular weight is 321 g/mol. The van der Waals surface area contributed by atoms with E-state index in [0.717, 1.165) is 46.1 Å². The molecular weight excluding hydrogens is 302 g/mol. The monoisotopic (exact) mass is 321 g/mol. The van der Waals surface area contributed by atoms with Crippen LogP contribution in [0.2, 0.25) is 0 Å². The lowest BCUT2D eigenvalue weighted by Gasteiger charge is -2.15. The largest absolute Gasteiger partial charge is 0.325 e. The normalized spacial score (nSPS) is 19.4. The van der Waals surface area contributed by atoms with E-state index in [1.165, 1.54) is 6.42 Å². The van der Waals surface area contributed by atoms with Crippen molar-refractivity contribution in [3.63, 3.8) is 0 Å². The summed E-state index contributed by atoms with van der Waals surface area (Å²) in [4.78, 5) is 16.8. The van der Waals surface area contributed by atoms with E-state index in [1.807, 2.05) is 24.5 Å². The first-order valence-electron chi connectivity index (χ1n) is 7.25. The molecule has 6 heteroatoms. The number of amides is 1. The molecule has 3 rings (SSSR count). The number of carbonyl (C=O) groups excluding carboxylic acids is 1. The molecule has 1 aromatic carbocycles. The maximum Gasteiger partial charge on any atom is 0.241 e. The summed E-state index contributed by atoms with van der Waals surface area (Å²) in [5, 5.41) is 6.36. The Bertz CT molecular complexity index is 633. The van der Waals surface area contributed by atoms with Crippen LogP contribution in [-0.4, -0.2) is 29.7 Å². The highest BCUT2D eigenvalue weighted by Crippen LogP contribution is 2.30. The number of carbonyl (C=O) groups is 1. The summed E-state index contributed by atoms with van der Waals surface area (Å²) in [5.41, 5.74) is 1.85. The number of nitrogens with zero attached hydrogens (tertiary/aromatic N) is 1. The van der Waals surface area contributed by atoms with Gasteiger partial charge in [0.1, 0.15) is 0 Å². The molecule has 1 unspecified atom stereocenters. The molecule has 0 spiro atoms. The van der Waals surface area contributed by atoms with Crippen LogP contribution in [0.15, 0.2) is 22.5 Å². The van der Waals surface area contributed by atoms with E-state index in [-0.39, 0.29) is 11.9 Å². The molecule has 1 aromatic heterocycles. The highest BCUT2D eigenvalue weighted by Gasteiger charge is 2.19. The molecule has 1 amide bonds. The second-order valence-electron chi connectivity index (χ2n) is 5.21. The molecule has 2 N–H and O–H groups in total. The maximum atomic E-state index is 12.3. The van der Waals surface area contributed by atoms with Gasteiger partial charge >= 0.3 is 0 Å².